The predicted molar refractivity (Wildman–Crippen MR) is 75.4 cm³/mol. The Hall–Kier alpha value is -0.230. The molecule has 0 unspecified atom stereocenters. The van der Waals surface area contributed by atoms with Crippen LogP contribution in [0.5, 0.6) is 0 Å². The van der Waals surface area contributed by atoms with Crippen LogP contribution in [0.25, 0.3) is 0 Å². The van der Waals surface area contributed by atoms with Gasteiger partial charge in [-0.3, -0.25) is 0 Å². The molecule has 0 aliphatic carbocycles. The van der Waals surface area contributed by atoms with Crippen LogP contribution in [-0.2, 0) is 6.54 Å². The van der Waals surface area contributed by atoms with Gasteiger partial charge in [-0.1, -0.05) is 47.6 Å². The lowest BCUT2D eigenvalue weighted by Crippen LogP contribution is -2.16. The molecule has 0 amide bonds. The van der Waals surface area contributed by atoms with E-state index in [9.17, 15) is 8.78 Å². The molecule has 1 aromatic rings. The maximum Gasteiger partial charge on any atom is 0.163 e. The summed E-state index contributed by atoms with van der Waals surface area (Å²) in [5, 5.41) is 3.14. The van der Waals surface area contributed by atoms with E-state index in [4.69, 9.17) is 0 Å². The maximum atomic E-state index is 13.3. The second-order valence-corrected chi connectivity index (χ2v) is 5.07. The highest BCUT2D eigenvalue weighted by molar-refractivity contribution is 14.1. The lowest BCUT2D eigenvalue weighted by Gasteiger charge is -2.06. The van der Waals surface area contributed by atoms with Gasteiger partial charge in [-0.25, -0.2) is 8.78 Å². The average molecular weight is 353 g/mol. The third-order valence-corrected chi connectivity index (χ3v) is 3.35. The molecule has 1 rings (SSSR count). The Bertz CT molecular complexity index is 331. The average Bonchev–Trinajstić information content (AvgIpc) is 2.33. The SMILES string of the molecule is Fc1cccc(CNCCCCCCI)c1F. The molecule has 0 aliphatic rings. The van der Waals surface area contributed by atoms with Crippen molar-refractivity contribution in [2.45, 2.75) is 32.2 Å². The maximum absolute atomic E-state index is 13.3. The second-order valence-electron chi connectivity index (χ2n) is 3.99. The Morgan fingerprint density at radius 3 is 2.59 bits per heavy atom. The molecule has 0 bridgehead atoms. The summed E-state index contributed by atoms with van der Waals surface area (Å²) in [6.07, 6.45) is 4.80. The molecule has 0 saturated carbocycles. The van der Waals surface area contributed by atoms with Crippen LogP contribution in [0.4, 0.5) is 8.78 Å². The van der Waals surface area contributed by atoms with Crippen LogP contribution >= 0.6 is 22.6 Å². The van der Waals surface area contributed by atoms with Gasteiger partial charge < -0.3 is 5.32 Å². The van der Waals surface area contributed by atoms with E-state index >= 15 is 0 Å². The number of halogens is 3. The van der Waals surface area contributed by atoms with E-state index in [0.29, 0.717) is 12.1 Å². The summed E-state index contributed by atoms with van der Waals surface area (Å²) in [6.45, 7) is 1.26. The Morgan fingerprint density at radius 2 is 1.82 bits per heavy atom. The van der Waals surface area contributed by atoms with E-state index in [-0.39, 0.29) is 0 Å². The van der Waals surface area contributed by atoms with Gasteiger partial charge in [-0.15, -0.1) is 0 Å². The Balaban J connectivity index is 2.16. The summed E-state index contributed by atoms with van der Waals surface area (Å²) >= 11 is 2.38. The van der Waals surface area contributed by atoms with E-state index in [1.807, 2.05) is 0 Å². The van der Waals surface area contributed by atoms with Crippen LogP contribution < -0.4 is 5.32 Å². The zero-order valence-corrected chi connectivity index (χ0v) is 12.0. The summed E-state index contributed by atoms with van der Waals surface area (Å²) in [4.78, 5) is 0. The second kappa shape index (κ2) is 8.80. The van der Waals surface area contributed by atoms with Crippen molar-refractivity contribution < 1.29 is 8.78 Å². The third-order valence-electron chi connectivity index (χ3n) is 2.58. The molecule has 0 aromatic heterocycles. The quantitative estimate of drug-likeness (QED) is 0.422. The molecule has 0 aliphatic heterocycles. The fourth-order valence-electron chi connectivity index (χ4n) is 1.61. The molecule has 0 saturated heterocycles. The van der Waals surface area contributed by atoms with Crippen molar-refractivity contribution in [3.63, 3.8) is 0 Å². The molecule has 0 heterocycles. The number of hydrogen-bond acceptors (Lipinski definition) is 1. The van der Waals surface area contributed by atoms with E-state index in [1.54, 1.807) is 6.07 Å². The summed E-state index contributed by atoms with van der Waals surface area (Å²) in [5.41, 5.74) is 0.400. The van der Waals surface area contributed by atoms with Crippen molar-refractivity contribution in [2.24, 2.45) is 0 Å². The van der Waals surface area contributed by atoms with Gasteiger partial charge in [0.05, 0.1) is 0 Å². The Labute approximate surface area is 115 Å². The minimum absolute atomic E-state index is 0.399. The third kappa shape index (κ3) is 5.77. The number of unbranched alkanes of at least 4 members (excludes halogenated alkanes) is 3. The van der Waals surface area contributed by atoms with Crippen molar-refractivity contribution in [3.8, 4) is 0 Å². The van der Waals surface area contributed by atoms with Crippen molar-refractivity contribution >= 4 is 22.6 Å². The standard InChI is InChI=1S/C13H18F2IN/c14-12-7-5-6-11(13(12)15)10-17-9-4-2-1-3-8-16/h5-7,17H,1-4,8-10H2. The van der Waals surface area contributed by atoms with Gasteiger partial charge in [-0.05, 0) is 29.9 Å². The molecule has 17 heavy (non-hydrogen) atoms. The first-order valence-electron chi connectivity index (χ1n) is 5.95. The topological polar surface area (TPSA) is 12.0 Å². The summed E-state index contributed by atoms with van der Waals surface area (Å²) in [6, 6.07) is 4.29. The molecule has 0 fully saturated rings. The van der Waals surface area contributed by atoms with Crippen LogP contribution in [0.1, 0.15) is 31.2 Å². The smallest absolute Gasteiger partial charge is 0.163 e. The number of nitrogens with one attached hydrogen (secondary N) is 1. The largest absolute Gasteiger partial charge is 0.313 e. The van der Waals surface area contributed by atoms with Gasteiger partial charge in [-0.2, -0.15) is 0 Å². The highest BCUT2D eigenvalue weighted by Crippen LogP contribution is 2.10. The predicted octanol–water partition coefficient (Wildman–Crippen LogP) is 4.05. The zero-order valence-electron chi connectivity index (χ0n) is 9.82. The molecule has 1 aromatic carbocycles. The monoisotopic (exact) mass is 353 g/mol. The highest BCUT2D eigenvalue weighted by atomic mass is 127. The Morgan fingerprint density at radius 1 is 1.06 bits per heavy atom. The van der Waals surface area contributed by atoms with Crippen molar-refractivity contribution in [1.29, 1.82) is 0 Å². The fourth-order valence-corrected chi connectivity index (χ4v) is 2.15. The summed E-state index contributed by atoms with van der Waals surface area (Å²) in [5.74, 6) is -1.50. The molecule has 4 heteroatoms. The van der Waals surface area contributed by atoms with Crippen molar-refractivity contribution in [3.05, 3.63) is 35.4 Å². The minimum atomic E-state index is -0.772. The van der Waals surface area contributed by atoms with Crippen molar-refractivity contribution in [2.75, 3.05) is 11.0 Å². The van der Waals surface area contributed by atoms with E-state index in [2.05, 4.69) is 27.9 Å². The van der Waals surface area contributed by atoms with E-state index < -0.39 is 11.6 Å². The molecular formula is C13H18F2IN. The fraction of sp³-hybridized carbons (Fsp3) is 0.538. The normalized spacial score (nSPS) is 10.8. The van der Waals surface area contributed by atoms with Crippen LogP contribution in [0.15, 0.2) is 18.2 Å². The van der Waals surface area contributed by atoms with Crippen LogP contribution in [0, 0.1) is 11.6 Å². The molecule has 96 valence electrons. The van der Waals surface area contributed by atoms with E-state index in [1.165, 1.54) is 29.8 Å². The minimum Gasteiger partial charge on any atom is -0.313 e. The highest BCUT2D eigenvalue weighted by Gasteiger charge is 2.06. The van der Waals surface area contributed by atoms with Gasteiger partial charge >= 0.3 is 0 Å². The molecular weight excluding hydrogens is 335 g/mol. The van der Waals surface area contributed by atoms with Crippen LogP contribution in [-0.4, -0.2) is 11.0 Å². The van der Waals surface area contributed by atoms with Gasteiger partial charge in [0, 0.05) is 12.1 Å². The molecule has 0 atom stereocenters. The first kappa shape index (κ1) is 14.8. The Kier molecular flexibility index (Phi) is 7.68. The van der Waals surface area contributed by atoms with Gasteiger partial charge in [0.25, 0.3) is 0 Å². The first-order valence-corrected chi connectivity index (χ1v) is 7.48. The lowest BCUT2D eigenvalue weighted by atomic mass is 10.2. The number of hydrogen-bond donors (Lipinski definition) is 1. The first-order chi connectivity index (χ1) is 8.25. The number of benzene rings is 1. The molecule has 0 spiro atoms. The van der Waals surface area contributed by atoms with Crippen molar-refractivity contribution in [1.82, 2.24) is 5.32 Å². The molecule has 1 N–H and O–H groups in total. The molecule has 1 nitrogen and oxygen atoms in total. The van der Waals surface area contributed by atoms with Gasteiger partial charge in [0.15, 0.2) is 11.6 Å². The van der Waals surface area contributed by atoms with Crippen LogP contribution in [0.2, 0.25) is 0 Å². The van der Waals surface area contributed by atoms with Crippen LogP contribution in [0.3, 0.4) is 0 Å². The molecule has 0 radical (unpaired) electrons. The number of alkyl halides is 1. The lowest BCUT2D eigenvalue weighted by molar-refractivity contribution is 0.491. The van der Waals surface area contributed by atoms with Gasteiger partial charge in [0.2, 0.25) is 0 Å². The number of rotatable bonds is 8. The zero-order chi connectivity index (χ0) is 12.5. The summed E-state index contributed by atoms with van der Waals surface area (Å²) < 4.78 is 27.4. The summed E-state index contributed by atoms with van der Waals surface area (Å²) in [7, 11) is 0. The van der Waals surface area contributed by atoms with E-state index in [0.717, 1.165) is 19.0 Å². The van der Waals surface area contributed by atoms with Gasteiger partial charge in [0.1, 0.15) is 0 Å².